The number of ether oxygens (including phenoxy) is 2. The number of amides is 1. The second kappa shape index (κ2) is 7.95. The average molecular weight is 474 g/mol. The minimum Gasteiger partial charge on any atom is -0.493 e. The van der Waals surface area contributed by atoms with Crippen LogP contribution >= 0.6 is 0 Å². The maximum atomic E-state index is 12.9. The van der Waals surface area contributed by atoms with E-state index in [-0.39, 0.29) is 29.2 Å². The smallest absolute Gasteiger partial charge is 0.270 e. The van der Waals surface area contributed by atoms with Gasteiger partial charge in [-0.15, -0.1) is 0 Å². The number of likely N-dealkylation sites (tertiary alicyclic amines) is 1. The zero-order chi connectivity index (χ0) is 24.3. The van der Waals surface area contributed by atoms with Gasteiger partial charge in [0.25, 0.3) is 5.69 Å². The fourth-order valence-electron chi connectivity index (χ4n) is 6.66. The Hall–Kier alpha value is -3.65. The lowest BCUT2D eigenvalue weighted by Crippen LogP contribution is -2.66. The van der Waals surface area contributed by atoms with E-state index in [1.807, 2.05) is 6.07 Å². The Morgan fingerprint density at radius 1 is 1.31 bits per heavy atom. The molecule has 5 atom stereocenters. The van der Waals surface area contributed by atoms with Crippen molar-refractivity contribution in [1.29, 1.82) is 0 Å². The van der Waals surface area contributed by atoms with E-state index in [9.17, 15) is 14.9 Å². The molecule has 0 saturated carbocycles. The fourth-order valence-corrected chi connectivity index (χ4v) is 6.66. The first-order valence-corrected chi connectivity index (χ1v) is 11.9. The second-order valence-corrected chi connectivity index (χ2v) is 9.84. The van der Waals surface area contributed by atoms with E-state index in [0.29, 0.717) is 17.5 Å². The SMILES string of the molecule is COc1ccc2c3c1O[C@H]1[C@H](NC(=O)/C=C/c4cccc([N+](=O)[O-])c4)C=C[C@H]4[C@@H](C2)N(C)CC[C@@]341. The molecule has 8 heteroatoms. The molecule has 1 N–H and O–H groups in total. The first-order chi connectivity index (χ1) is 16.9. The van der Waals surface area contributed by atoms with Gasteiger partial charge in [0.05, 0.1) is 18.1 Å². The molecule has 1 saturated heterocycles. The lowest BCUT2D eigenvalue weighted by Gasteiger charge is -2.57. The molecule has 2 aromatic rings. The number of likely N-dealkylation sites (N-methyl/N-ethyl adjacent to an activating group) is 1. The van der Waals surface area contributed by atoms with Gasteiger partial charge in [-0.2, -0.15) is 0 Å². The van der Waals surface area contributed by atoms with Gasteiger partial charge in [-0.1, -0.05) is 30.4 Å². The molecule has 1 fully saturated rings. The van der Waals surface area contributed by atoms with Gasteiger partial charge in [-0.25, -0.2) is 0 Å². The Morgan fingerprint density at radius 2 is 2.17 bits per heavy atom. The number of hydrogen-bond donors (Lipinski definition) is 1. The first kappa shape index (κ1) is 21.9. The molecule has 2 aliphatic heterocycles. The number of nitro groups is 1. The van der Waals surface area contributed by atoms with Gasteiger partial charge in [-0.05, 0) is 49.7 Å². The van der Waals surface area contributed by atoms with Gasteiger partial charge in [0.15, 0.2) is 11.5 Å². The summed E-state index contributed by atoms with van der Waals surface area (Å²) in [6.07, 6.45) is 9.04. The van der Waals surface area contributed by atoms with Crippen LogP contribution in [0.4, 0.5) is 5.69 Å². The predicted molar refractivity (Wildman–Crippen MR) is 131 cm³/mol. The zero-order valence-electron chi connectivity index (χ0n) is 19.6. The summed E-state index contributed by atoms with van der Waals surface area (Å²) in [6.45, 7) is 0.971. The summed E-state index contributed by atoms with van der Waals surface area (Å²) in [6, 6.07) is 10.4. The number of nitro benzene ring substituents is 1. The van der Waals surface area contributed by atoms with Gasteiger partial charge >= 0.3 is 0 Å². The van der Waals surface area contributed by atoms with E-state index in [0.717, 1.165) is 30.9 Å². The van der Waals surface area contributed by atoms with E-state index < -0.39 is 4.92 Å². The van der Waals surface area contributed by atoms with Crippen molar-refractivity contribution < 1.29 is 19.2 Å². The number of rotatable bonds is 5. The van der Waals surface area contributed by atoms with E-state index in [1.54, 1.807) is 25.3 Å². The Labute approximate surface area is 203 Å². The van der Waals surface area contributed by atoms with Crippen LogP contribution in [0.15, 0.2) is 54.6 Å². The second-order valence-electron chi connectivity index (χ2n) is 9.84. The summed E-state index contributed by atoms with van der Waals surface area (Å²) >= 11 is 0. The highest BCUT2D eigenvalue weighted by Crippen LogP contribution is 2.62. The third-order valence-electron chi connectivity index (χ3n) is 8.20. The molecule has 35 heavy (non-hydrogen) atoms. The standard InChI is InChI=1S/C27H27N3O5/c1-29-13-12-27-19-8-9-20(28-23(31)11-6-16-4-3-5-18(14-16)30(32)33)26(27)35-25-22(34-2)10-7-17(24(25)27)15-21(19)29/h3-11,14,19-21,26H,12-13,15H2,1-2H3,(H,28,31)/b11-6+/t19-,20+,21+,26-,27-/m0/s1. The number of piperidine rings is 1. The molecule has 0 radical (unpaired) electrons. The molecule has 1 amide bonds. The summed E-state index contributed by atoms with van der Waals surface area (Å²) in [7, 11) is 3.85. The monoisotopic (exact) mass is 473 g/mol. The molecule has 6 rings (SSSR count). The number of nitrogens with zero attached hydrogens (tertiary/aromatic N) is 2. The van der Waals surface area contributed by atoms with Crippen LogP contribution in [0.2, 0.25) is 0 Å². The molecule has 4 aliphatic rings. The number of hydrogen-bond acceptors (Lipinski definition) is 6. The zero-order valence-corrected chi connectivity index (χ0v) is 19.6. The Morgan fingerprint density at radius 3 is 2.97 bits per heavy atom. The Bertz CT molecular complexity index is 1290. The van der Waals surface area contributed by atoms with Gasteiger partial charge in [0.2, 0.25) is 5.91 Å². The van der Waals surface area contributed by atoms with Crippen LogP contribution in [-0.4, -0.2) is 54.6 Å². The average Bonchev–Trinajstić information content (AvgIpc) is 3.21. The van der Waals surface area contributed by atoms with Crippen LogP contribution in [-0.2, 0) is 16.6 Å². The van der Waals surface area contributed by atoms with Crippen molar-refractivity contribution in [1.82, 2.24) is 10.2 Å². The normalized spacial score (nSPS) is 30.0. The van der Waals surface area contributed by atoms with E-state index >= 15 is 0 Å². The van der Waals surface area contributed by atoms with Crippen molar-refractivity contribution in [2.45, 2.75) is 36.4 Å². The highest BCUT2D eigenvalue weighted by molar-refractivity contribution is 5.92. The van der Waals surface area contributed by atoms with Crippen LogP contribution in [0.5, 0.6) is 11.5 Å². The molecule has 1 spiro atoms. The number of benzene rings is 2. The lowest BCUT2D eigenvalue weighted by molar-refractivity contribution is -0.384. The summed E-state index contributed by atoms with van der Waals surface area (Å²) in [5.41, 5.74) is 2.94. The Kier molecular flexibility index (Phi) is 4.96. The number of non-ortho nitro benzene ring substituents is 1. The molecule has 0 unspecified atom stereocenters. The van der Waals surface area contributed by atoms with Crippen LogP contribution in [0.3, 0.4) is 0 Å². The molecule has 2 heterocycles. The molecular weight excluding hydrogens is 446 g/mol. The third-order valence-corrected chi connectivity index (χ3v) is 8.20. The highest BCUT2D eigenvalue weighted by Gasteiger charge is 2.64. The topological polar surface area (TPSA) is 93.9 Å². The summed E-state index contributed by atoms with van der Waals surface area (Å²) < 4.78 is 12.3. The van der Waals surface area contributed by atoms with E-state index in [2.05, 4.69) is 35.5 Å². The van der Waals surface area contributed by atoms with Crippen molar-refractivity contribution in [2.24, 2.45) is 5.92 Å². The van der Waals surface area contributed by atoms with Gasteiger partial charge in [-0.3, -0.25) is 14.9 Å². The maximum absolute atomic E-state index is 12.9. The maximum Gasteiger partial charge on any atom is 0.270 e. The molecule has 2 bridgehead atoms. The molecule has 2 aliphatic carbocycles. The van der Waals surface area contributed by atoms with Crippen LogP contribution in [0.1, 0.15) is 23.1 Å². The minimum atomic E-state index is -0.448. The number of methoxy groups -OCH3 is 1. The van der Waals surface area contributed by atoms with Crippen LogP contribution in [0.25, 0.3) is 6.08 Å². The quantitative estimate of drug-likeness (QED) is 0.310. The van der Waals surface area contributed by atoms with Crippen molar-refractivity contribution in [3.05, 3.63) is 81.4 Å². The van der Waals surface area contributed by atoms with Crippen LogP contribution < -0.4 is 14.8 Å². The summed E-state index contributed by atoms with van der Waals surface area (Å²) in [4.78, 5) is 25.9. The molecule has 0 aromatic heterocycles. The highest BCUT2D eigenvalue weighted by atomic mass is 16.6. The minimum absolute atomic E-state index is 0.0103. The molecule has 2 aromatic carbocycles. The van der Waals surface area contributed by atoms with Crippen LogP contribution in [0, 0.1) is 16.0 Å². The number of carbonyl (C=O) groups is 1. The first-order valence-electron chi connectivity index (χ1n) is 11.9. The summed E-state index contributed by atoms with van der Waals surface area (Å²) in [5, 5.41) is 14.1. The summed E-state index contributed by atoms with van der Waals surface area (Å²) in [5.74, 6) is 1.59. The molecule has 8 nitrogen and oxygen atoms in total. The third kappa shape index (κ3) is 3.20. The fraction of sp³-hybridized carbons (Fsp3) is 0.370. The lowest BCUT2D eigenvalue weighted by atomic mass is 9.53. The Balaban J connectivity index is 1.31. The van der Waals surface area contributed by atoms with Crippen molar-refractivity contribution in [3.8, 4) is 11.5 Å². The van der Waals surface area contributed by atoms with Crippen molar-refractivity contribution in [2.75, 3.05) is 20.7 Å². The number of nitrogens with one attached hydrogen (secondary N) is 1. The number of carbonyl (C=O) groups excluding carboxylic acids is 1. The molecule has 180 valence electrons. The largest absolute Gasteiger partial charge is 0.493 e. The van der Waals surface area contributed by atoms with Crippen molar-refractivity contribution in [3.63, 3.8) is 0 Å². The predicted octanol–water partition coefficient (Wildman–Crippen LogP) is 3.25. The van der Waals surface area contributed by atoms with E-state index in [4.69, 9.17) is 9.47 Å². The van der Waals surface area contributed by atoms with Gasteiger partial charge in [0, 0.05) is 41.1 Å². The van der Waals surface area contributed by atoms with Gasteiger partial charge in [0.1, 0.15) is 6.10 Å². The molecular formula is C27H27N3O5. The van der Waals surface area contributed by atoms with E-state index in [1.165, 1.54) is 29.3 Å². The van der Waals surface area contributed by atoms with Gasteiger partial charge < -0.3 is 19.7 Å². The van der Waals surface area contributed by atoms with Crippen molar-refractivity contribution >= 4 is 17.7 Å².